The molecule has 0 saturated heterocycles. The van der Waals surface area contributed by atoms with Crippen LogP contribution in [0.25, 0.3) is 5.00 Å². The Kier molecular flexibility index (Phi) is 4.87. The highest BCUT2D eigenvalue weighted by molar-refractivity contribution is 7.15. The van der Waals surface area contributed by atoms with Gasteiger partial charge in [0.15, 0.2) is 6.61 Å². The number of aryl methyl sites for hydroxylation is 1. The van der Waals surface area contributed by atoms with Crippen LogP contribution in [0.5, 0.6) is 5.75 Å². The maximum absolute atomic E-state index is 12.8. The number of nitriles is 1. The number of ether oxygens (including phenoxy) is 1. The van der Waals surface area contributed by atoms with Gasteiger partial charge in [0.2, 0.25) is 0 Å². The lowest BCUT2D eigenvalue weighted by Crippen LogP contribution is -2.14. The number of rotatable bonds is 5. The van der Waals surface area contributed by atoms with Crippen LogP contribution in [0.4, 0.5) is 5.69 Å². The fourth-order valence-electron chi connectivity index (χ4n) is 2.47. The van der Waals surface area contributed by atoms with E-state index in [9.17, 15) is 4.79 Å². The van der Waals surface area contributed by atoms with Crippen LogP contribution in [-0.2, 0) is 0 Å². The Labute approximate surface area is 150 Å². The van der Waals surface area contributed by atoms with E-state index in [1.54, 1.807) is 35.6 Å². The molecule has 3 aromatic rings. The number of nitrogens with one attached hydrogen (secondary N) is 1. The molecule has 6 heteroatoms. The Morgan fingerprint density at radius 1 is 1.24 bits per heavy atom. The van der Waals surface area contributed by atoms with Crippen molar-refractivity contribution in [2.24, 2.45) is 0 Å². The third kappa shape index (κ3) is 3.57. The fourth-order valence-corrected chi connectivity index (χ4v) is 3.59. The van der Waals surface area contributed by atoms with Gasteiger partial charge in [0.25, 0.3) is 5.91 Å². The van der Waals surface area contributed by atoms with Gasteiger partial charge >= 0.3 is 0 Å². The molecule has 0 aliphatic carbocycles. The zero-order valence-corrected chi connectivity index (χ0v) is 14.8. The molecule has 0 spiro atoms. The van der Waals surface area contributed by atoms with Gasteiger partial charge in [-0.2, -0.15) is 5.26 Å². The Morgan fingerprint density at radius 3 is 2.56 bits per heavy atom. The molecule has 0 fully saturated rings. The van der Waals surface area contributed by atoms with Crippen molar-refractivity contribution in [2.45, 2.75) is 13.8 Å². The van der Waals surface area contributed by atoms with Gasteiger partial charge in [-0.3, -0.25) is 4.79 Å². The van der Waals surface area contributed by atoms with Gasteiger partial charge in [0.05, 0.1) is 5.56 Å². The van der Waals surface area contributed by atoms with Crippen LogP contribution in [0.15, 0.2) is 48.8 Å². The Morgan fingerprint density at radius 2 is 1.92 bits per heavy atom. The molecule has 2 aromatic heterocycles. The largest absolute Gasteiger partial charge is 0.479 e. The van der Waals surface area contributed by atoms with Crippen LogP contribution in [0.3, 0.4) is 0 Å². The molecular formula is C19H17N3O2S. The van der Waals surface area contributed by atoms with E-state index in [2.05, 4.69) is 5.32 Å². The molecule has 0 unspecified atom stereocenters. The van der Waals surface area contributed by atoms with Gasteiger partial charge in [-0.25, -0.2) is 0 Å². The topological polar surface area (TPSA) is 67.1 Å². The van der Waals surface area contributed by atoms with E-state index in [1.165, 1.54) is 0 Å². The van der Waals surface area contributed by atoms with Crippen LogP contribution >= 0.6 is 11.3 Å². The summed E-state index contributed by atoms with van der Waals surface area (Å²) in [7, 11) is 0. The van der Waals surface area contributed by atoms with Gasteiger partial charge in [-0.1, -0.05) is 0 Å². The van der Waals surface area contributed by atoms with Crippen molar-refractivity contribution in [3.05, 3.63) is 64.8 Å². The van der Waals surface area contributed by atoms with Gasteiger partial charge in [0.1, 0.15) is 16.8 Å². The number of anilines is 1. The second-order valence-corrected chi connectivity index (χ2v) is 6.68. The summed E-state index contributed by atoms with van der Waals surface area (Å²) in [4.78, 5) is 13.9. The smallest absolute Gasteiger partial charge is 0.258 e. The number of carbonyl (C=O) groups excluding carboxylic acids is 1. The minimum absolute atomic E-state index is 0.000683. The molecule has 0 saturated carbocycles. The quantitative estimate of drug-likeness (QED) is 0.745. The van der Waals surface area contributed by atoms with Crippen molar-refractivity contribution in [2.75, 3.05) is 11.9 Å². The number of hydrogen-bond acceptors (Lipinski definition) is 4. The second kappa shape index (κ2) is 7.24. The van der Waals surface area contributed by atoms with Crippen molar-refractivity contribution in [3.8, 4) is 16.8 Å². The lowest BCUT2D eigenvalue weighted by atomic mass is 10.1. The summed E-state index contributed by atoms with van der Waals surface area (Å²) in [5.41, 5.74) is 2.35. The first kappa shape index (κ1) is 16.8. The number of carbonyl (C=O) groups is 1. The zero-order valence-electron chi connectivity index (χ0n) is 13.9. The monoisotopic (exact) mass is 351 g/mol. The van der Waals surface area contributed by atoms with Crippen molar-refractivity contribution >= 4 is 22.9 Å². The van der Waals surface area contributed by atoms with E-state index in [0.29, 0.717) is 17.0 Å². The average Bonchev–Trinajstić information content (AvgIpc) is 3.23. The van der Waals surface area contributed by atoms with E-state index in [0.717, 1.165) is 15.4 Å². The van der Waals surface area contributed by atoms with Gasteiger partial charge in [-0.05, 0) is 55.8 Å². The number of benzene rings is 1. The number of aromatic nitrogens is 1. The number of thiophene rings is 1. The SMILES string of the molecule is Cc1sc(-n2cccc2)c(C(=O)Nc2ccc(OCC#N)cc2)c1C. The molecule has 5 nitrogen and oxygen atoms in total. The molecule has 0 aliphatic rings. The number of amides is 1. The summed E-state index contributed by atoms with van der Waals surface area (Å²) in [6, 6.07) is 12.8. The van der Waals surface area contributed by atoms with Crippen LogP contribution in [0.2, 0.25) is 0 Å². The van der Waals surface area contributed by atoms with Crippen molar-refractivity contribution in [1.82, 2.24) is 4.57 Å². The van der Waals surface area contributed by atoms with Crippen LogP contribution < -0.4 is 10.1 Å². The van der Waals surface area contributed by atoms with Crippen molar-refractivity contribution in [3.63, 3.8) is 0 Å². The molecule has 25 heavy (non-hydrogen) atoms. The molecule has 0 radical (unpaired) electrons. The second-order valence-electron chi connectivity index (χ2n) is 5.48. The summed E-state index contributed by atoms with van der Waals surface area (Å²) in [5.74, 6) is 0.450. The van der Waals surface area contributed by atoms with Gasteiger partial charge in [-0.15, -0.1) is 11.3 Å². The van der Waals surface area contributed by atoms with E-state index >= 15 is 0 Å². The minimum Gasteiger partial charge on any atom is -0.479 e. The molecule has 3 rings (SSSR count). The van der Waals surface area contributed by atoms with Crippen LogP contribution in [0.1, 0.15) is 20.8 Å². The van der Waals surface area contributed by atoms with Crippen LogP contribution in [-0.4, -0.2) is 17.1 Å². The number of hydrogen-bond donors (Lipinski definition) is 1. The van der Waals surface area contributed by atoms with E-state index < -0.39 is 0 Å². The maximum Gasteiger partial charge on any atom is 0.258 e. The predicted molar refractivity (Wildman–Crippen MR) is 98.6 cm³/mol. The molecule has 2 heterocycles. The first-order valence-corrected chi connectivity index (χ1v) is 8.56. The Hall–Kier alpha value is -3.04. The van der Waals surface area contributed by atoms with E-state index in [1.807, 2.05) is 49.0 Å². The third-order valence-electron chi connectivity index (χ3n) is 3.85. The summed E-state index contributed by atoms with van der Waals surface area (Å²) in [6.07, 6.45) is 3.87. The van der Waals surface area contributed by atoms with E-state index in [4.69, 9.17) is 10.00 Å². The van der Waals surface area contributed by atoms with Gasteiger partial charge < -0.3 is 14.6 Å². The molecule has 0 bridgehead atoms. The zero-order chi connectivity index (χ0) is 17.8. The molecule has 1 N–H and O–H groups in total. The first-order chi connectivity index (χ1) is 12.1. The fraction of sp³-hybridized carbons (Fsp3) is 0.158. The lowest BCUT2D eigenvalue weighted by Gasteiger charge is -2.09. The maximum atomic E-state index is 12.8. The minimum atomic E-state index is -0.142. The highest BCUT2D eigenvalue weighted by Crippen LogP contribution is 2.31. The normalized spacial score (nSPS) is 10.3. The van der Waals surface area contributed by atoms with Crippen LogP contribution in [0, 0.1) is 25.2 Å². The van der Waals surface area contributed by atoms with Crippen molar-refractivity contribution in [1.29, 1.82) is 5.26 Å². The first-order valence-electron chi connectivity index (χ1n) is 7.74. The highest BCUT2D eigenvalue weighted by Gasteiger charge is 2.20. The Bertz CT molecular complexity index is 919. The van der Waals surface area contributed by atoms with E-state index in [-0.39, 0.29) is 12.5 Å². The standard InChI is InChI=1S/C19H17N3O2S/c1-13-14(2)25-19(22-10-3-4-11-22)17(13)18(23)21-15-5-7-16(8-6-15)24-12-9-20/h3-8,10-11H,12H2,1-2H3,(H,21,23). The summed E-state index contributed by atoms with van der Waals surface area (Å²) in [5, 5.41) is 12.4. The summed E-state index contributed by atoms with van der Waals surface area (Å²) >= 11 is 1.60. The average molecular weight is 351 g/mol. The molecule has 126 valence electrons. The summed E-state index contributed by atoms with van der Waals surface area (Å²) < 4.78 is 7.17. The predicted octanol–water partition coefficient (Wildman–Crippen LogP) is 4.31. The molecule has 0 aliphatic heterocycles. The Balaban J connectivity index is 1.83. The molecule has 0 atom stereocenters. The third-order valence-corrected chi connectivity index (χ3v) is 5.07. The highest BCUT2D eigenvalue weighted by atomic mass is 32.1. The molecule has 1 aromatic carbocycles. The van der Waals surface area contributed by atoms with Crippen molar-refractivity contribution < 1.29 is 9.53 Å². The summed E-state index contributed by atoms with van der Waals surface area (Å²) in [6.45, 7) is 3.98. The number of nitrogens with zero attached hydrogens (tertiary/aromatic N) is 2. The van der Waals surface area contributed by atoms with Gasteiger partial charge in [0, 0.05) is 23.0 Å². The molecule has 1 amide bonds. The lowest BCUT2D eigenvalue weighted by molar-refractivity contribution is 0.102. The molecular weight excluding hydrogens is 334 g/mol.